The Hall–Kier alpha value is -8.46. The standard InChI is InChI=1S/C63H42N2/c1-6-20-43(21-7-1)49-38-50(44-22-8-2-9-23-44)40-51(39-49)59-42-58(46-24-10-3-11-25-46)64-62(65-59)47-36-34-45(35-37-47)56-41-48-26-16-17-31-54(48)61-60(56)55-32-18-19-33-57(55)63(61,52-27-12-4-13-28-52)53-29-14-5-15-30-53/h1-42H. The van der Waals surface area contributed by atoms with Crippen molar-refractivity contribution >= 4 is 10.8 Å². The van der Waals surface area contributed by atoms with Gasteiger partial charge in [-0.25, -0.2) is 9.97 Å². The van der Waals surface area contributed by atoms with E-state index in [0.717, 1.165) is 55.9 Å². The minimum Gasteiger partial charge on any atom is -0.228 e. The fourth-order valence-electron chi connectivity index (χ4n) is 10.2. The zero-order valence-corrected chi connectivity index (χ0v) is 35.6. The summed E-state index contributed by atoms with van der Waals surface area (Å²) in [7, 11) is 0. The Morgan fingerprint density at radius 2 is 0.754 bits per heavy atom. The minimum atomic E-state index is -0.524. The van der Waals surface area contributed by atoms with Crippen molar-refractivity contribution < 1.29 is 0 Å². The Balaban J connectivity index is 1.04. The maximum Gasteiger partial charge on any atom is 0.160 e. The van der Waals surface area contributed by atoms with Gasteiger partial charge in [-0.05, 0) is 108 Å². The maximum absolute atomic E-state index is 5.37. The fourth-order valence-corrected chi connectivity index (χ4v) is 10.2. The van der Waals surface area contributed by atoms with Crippen LogP contribution in [-0.2, 0) is 5.41 Å². The molecule has 65 heavy (non-hydrogen) atoms. The molecule has 304 valence electrons. The third-order valence-corrected chi connectivity index (χ3v) is 13.1. The predicted molar refractivity (Wildman–Crippen MR) is 269 cm³/mol. The average Bonchev–Trinajstić information content (AvgIpc) is 3.72. The lowest BCUT2D eigenvalue weighted by molar-refractivity contribution is 0.775. The molecule has 0 amide bonds. The highest BCUT2D eigenvalue weighted by molar-refractivity contribution is 6.06. The van der Waals surface area contributed by atoms with Gasteiger partial charge in [0, 0.05) is 16.7 Å². The number of hydrogen-bond donors (Lipinski definition) is 0. The summed E-state index contributed by atoms with van der Waals surface area (Å²) in [6, 6.07) is 91.9. The van der Waals surface area contributed by atoms with Gasteiger partial charge in [-0.2, -0.15) is 0 Å². The molecule has 0 spiro atoms. The van der Waals surface area contributed by atoms with Crippen LogP contribution < -0.4 is 0 Å². The number of hydrogen-bond acceptors (Lipinski definition) is 2. The first-order valence-electron chi connectivity index (χ1n) is 22.3. The van der Waals surface area contributed by atoms with E-state index in [2.05, 4.69) is 249 Å². The fraction of sp³-hybridized carbons (Fsp3) is 0.0159. The molecule has 0 N–H and O–H groups in total. The van der Waals surface area contributed by atoms with Crippen LogP contribution in [0, 0.1) is 0 Å². The van der Waals surface area contributed by atoms with E-state index in [1.807, 2.05) is 6.07 Å². The third kappa shape index (κ3) is 6.58. The van der Waals surface area contributed by atoms with Crippen molar-refractivity contribution in [1.29, 1.82) is 0 Å². The Labute approximate surface area is 379 Å². The van der Waals surface area contributed by atoms with Crippen LogP contribution in [-0.4, -0.2) is 9.97 Å². The van der Waals surface area contributed by atoms with E-state index in [1.165, 1.54) is 49.7 Å². The summed E-state index contributed by atoms with van der Waals surface area (Å²) in [5, 5.41) is 2.47. The summed E-state index contributed by atoms with van der Waals surface area (Å²) in [4.78, 5) is 10.6. The van der Waals surface area contributed by atoms with Gasteiger partial charge in [-0.3, -0.25) is 0 Å². The van der Waals surface area contributed by atoms with E-state index in [9.17, 15) is 0 Å². The second-order valence-corrected chi connectivity index (χ2v) is 16.9. The molecule has 0 bridgehead atoms. The lowest BCUT2D eigenvalue weighted by Gasteiger charge is -2.35. The molecule has 1 heterocycles. The molecule has 0 aliphatic heterocycles. The van der Waals surface area contributed by atoms with Crippen LogP contribution in [0.1, 0.15) is 22.3 Å². The van der Waals surface area contributed by atoms with Crippen LogP contribution >= 0.6 is 0 Å². The first kappa shape index (κ1) is 38.2. The Bertz CT molecular complexity index is 3400. The molecule has 0 unspecified atom stereocenters. The van der Waals surface area contributed by atoms with Crippen molar-refractivity contribution in [3.05, 3.63) is 277 Å². The zero-order valence-electron chi connectivity index (χ0n) is 35.6. The van der Waals surface area contributed by atoms with E-state index in [-0.39, 0.29) is 0 Å². The van der Waals surface area contributed by atoms with Gasteiger partial charge >= 0.3 is 0 Å². The quantitative estimate of drug-likeness (QED) is 0.152. The van der Waals surface area contributed by atoms with Crippen LogP contribution in [0.3, 0.4) is 0 Å². The summed E-state index contributed by atoms with van der Waals surface area (Å²) in [5.41, 5.74) is 18.9. The molecule has 2 nitrogen and oxygen atoms in total. The highest BCUT2D eigenvalue weighted by Crippen LogP contribution is 2.60. The summed E-state index contributed by atoms with van der Waals surface area (Å²) in [6.07, 6.45) is 0. The second-order valence-electron chi connectivity index (χ2n) is 16.9. The zero-order chi connectivity index (χ0) is 43.2. The van der Waals surface area contributed by atoms with Crippen LogP contribution in [0.4, 0.5) is 0 Å². The Kier molecular flexibility index (Phi) is 9.43. The van der Waals surface area contributed by atoms with Gasteiger partial charge in [-0.1, -0.05) is 224 Å². The minimum absolute atomic E-state index is 0.524. The molecule has 0 radical (unpaired) electrons. The summed E-state index contributed by atoms with van der Waals surface area (Å²) in [5.74, 6) is 0.681. The SMILES string of the molecule is c1ccc(-c2cc(-c3ccccc3)cc(-c3cc(-c4ccccc4)nc(-c4ccc(-c5cc6ccccc6c6c5-c5ccccc5C6(c5ccccc5)c5ccccc5)cc4)n3)c2)cc1. The van der Waals surface area contributed by atoms with E-state index >= 15 is 0 Å². The van der Waals surface area contributed by atoms with E-state index in [1.54, 1.807) is 0 Å². The summed E-state index contributed by atoms with van der Waals surface area (Å²) in [6.45, 7) is 0. The lowest BCUT2D eigenvalue weighted by Crippen LogP contribution is -2.28. The normalized spacial score (nSPS) is 12.4. The first-order valence-corrected chi connectivity index (χ1v) is 22.3. The lowest BCUT2D eigenvalue weighted by atomic mass is 9.66. The second kappa shape index (κ2) is 16.0. The molecule has 12 rings (SSSR count). The largest absolute Gasteiger partial charge is 0.228 e. The van der Waals surface area contributed by atoms with Crippen LogP contribution in [0.2, 0.25) is 0 Å². The van der Waals surface area contributed by atoms with Gasteiger partial charge in [-0.15, -0.1) is 0 Å². The molecule has 1 aliphatic carbocycles. The topological polar surface area (TPSA) is 25.8 Å². The third-order valence-electron chi connectivity index (χ3n) is 13.1. The van der Waals surface area contributed by atoms with Crippen LogP contribution in [0.5, 0.6) is 0 Å². The highest BCUT2D eigenvalue weighted by Gasteiger charge is 2.48. The van der Waals surface area contributed by atoms with Gasteiger partial charge in [0.1, 0.15) is 0 Å². The number of nitrogens with zero attached hydrogens (tertiary/aromatic N) is 2. The van der Waals surface area contributed by atoms with Crippen molar-refractivity contribution in [3.8, 4) is 78.4 Å². The molecule has 1 aliphatic rings. The first-order chi connectivity index (χ1) is 32.2. The molecule has 0 fully saturated rings. The van der Waals surface area contributed by atoms with Gasteiger partial charge in [0.2, 0.25) is 0 Å². The van der Waals surface area contributed by atoms with Crippen molar-refractivity contribution in [3.63, 3.8) is 0 Å². The molecule has 1 aromatic heterocycles. The molecule has 0 saturated carbocycles. The van der Waals surface area contributed by atoms with Crippen LogP contribution in [0.15, 0.2) is 255 Å². The number of aromatic nitrogens is 2. The smallest absolute Gasteiger partial charge is 0.160 e. The predicted octanol–water partition coefficient (Wildman–Crippen LogP) is 16.0. The summed E-state index contributed by atoms with van der Waals surface area (Å²) >= 11 is 0. The van der Waals surface area contributed by atoms with Crippen molar-refractivity contribution in [2.75, 3.05) is 0 Å². The van der Waals surface area contributed by atoms with Gasteiger partial charge < -0.3 is 0 Å². The molecule has 11 aromatic rings. The molecule has 2 heteroatoms. The van der Waals surface area contributed by atoms with E-state index < -0.39 is 5.41 Å². The van der Waals surface area contributed by atoms with E-state index in [0.29, 0.717) is 5.82 Å². The van der Waals surface area contributed by atoms with Crippen molar-refractivity contribution in [2.45, 2.75) is 5.41 Å². The molecule has 0 saturated heterocycles. The monoisotopic (exact) mass is 826 g/mol. The highest BCUT2D eigenvalue weighted by atomic mass is 14.9. The number of rotatable bonds is 8. The Morgan fingerprint density at radius 1 is 0.292 bits per heavy atom. The summed E-state index contributed by atoms with van der Waals surface area (Å²) < 4.78 is 0. The average molecular weight is 827 g/mol. The molecular weight excluding hydrogens is 785 g/mol. The molecule has 0 atom stereocenters. The molecule has 10 aromatic carbocycles. The van der Waals surface area contributed by atoms with Crippen molar-refractivity contribution in [2.24, 2.45) is 0 Å². The Morgan fingerprint density at radius 3 is 1.35 bits per heavy atom. The number of fused-ring (bicyclic) bond motifs is 5. The van der Waals surface area contributed by atoms with Crippen molar-refractivity contribution in [1.82, 2.24) is 9.97 Å². The van der Waals surface area contributed by atoms with Gasteiger partial charge in [0.25, 0.3) is 0 Å². The van der Waals surface area contributed by atoms with Crippen LogP contribution in [0.25, 0.3) is 89.2 Å². The number of benzene rings is 10. The van der Waals surface area contributed by atoms with Gasteiger partial charge in [0.15, 0.2) is 5.82 Å². The van der Waals surface area contributed by atoms with Gasteiger partial charge in [0.05, 0.1) is 16.8 Å². The maximum atomic E-state index is 5.37. The van der Waals surface area contributed by atoms with E-state index in [4.69, 9.17) is 9.97 Å². The molecular formula is C63H42N2.